The minimum absolute atomic E-state index is 0.159. The van der Waals surface area contributed by atoms with Crippen molar-refractivity contribution in [3.05, 3.63) is 59.1 Å². The molecular formula is C21H18ClNO4. The summed E-state index contributed by atoms with van der Waals surface area (Å²) < 4.78 is 5.34. The number of imide groups is 1. The van der Waals surface area contributed by atoms with Crippen LogP contribution in [0.15, 0.2) is 48.5 Å². The van der Waals surface area contributed by atoms with Crippen LogP contribution in [-0.2, 0) is 9.59 Å². The Morgan fingerprint density at radius 2 is 1.59 bits per heavy atom. The van der Waals surface area contributed by atoms with E-state index < -0.39 is 5.97 Å². The van der Waals surface area contributed by atoms with E-state index in [1.54, 1.807) is 42.5 Å². The molecule has 138 valence electrons. The van der Waals surface area contributed by atoms with Crippen LogP contribution in [-0.4, -0.2) is 17.8 Å². The lowest BCUT2D eigenvalue weighted by molar-refractivity contribution is -0.122. The first kappa shape index (κ1) is 17.7. The molecule has 2 amide bonds. The normalized spacial score (nSPS) is 21.9. The van der Waals surface area contributed by atoms with Gasteiger partial charge in [-0.3, -0.25) is 14.5 Å². The molecule has 0 unspecified atom stereocenters. The SMILES string of the molecule is O=C(Oc1ccc(Cl)cc1)c1cccc(N2C(=O)[C@H]3CCCC[C@H]3C2=O)c1. The highest BCUT2D eigenvalue weighted by Crippen LogP contribution is 2.40. The quantitative estimate of drug-likeness (QED) is 0.452. The number of fused-ring (bicyclic) bond motifs is 1. The summed E-state index contributed by atoms with van der Waals surface area (Å²) in [5.74, 6) is -0.961. The number of rotatable bonds is 3. The number of esters is 1. The molecule has 1 saturated carbocycles. The molecule has 1 aliphatic heterocycles. The van der Waals surface area contributed by atoms with Gasteiger partial charge in [0, 0.05) is 5.02 Å². The number of anilines is 1. The number of ether oxygens (including phenoxy) is 1. The van der Waals surface area contributed by atoms with Crippen molar-refractivity contribution >= 4 is 35.1 Å². The largest absolute Gasteiger partial charge is 0.423 e. The molecular weight excluding hydrogens is 366 g/mol. The van der Waals surface area contributed by atoms with Crippen LogP contribution < -0.4 is 9.64 Å². The van der Waals surface area contributed by atoms with Gasteiger partial charge in [-0.25, -0.2) is 4.79 Å². The first-order chi connectivity index (χ1) is 13.0. The Balaban J connectivity index is 1.57. The van der Waals surface area contributed by atoms with Gasteiger partial charge >= 0.3 is 5.97 Å². The van der Waals surface area contributed by atoms with E-state index in [1.165, 1.54) is 11.0 Å². The number of halogens is 1. The smallest absolute Gasteiger partial charge is 0.343 e. The number of hydrogen-bond donors (Lipinski definition) is 0. The van der Waals surface area contributed by atoms with Gasteiger partial charge < -0.3 is 4.74 Å². The maximum atomic E-state index is 12.7. The van der Waals surface area contributed by atoms with Crippen molar-refractivity contribution in [1.29, 1.82) is 0 Å². The Labute approximate surface area is 161 Å². The highest BCUT2D eigenvalue weighted by Gasteiger charge is 2.48. The molecule has 1 saturated heterocycles. The van der Waals surface area contributed by atoms with E-state index in [-0.39, 0.29) is 29.2 Å². The van der Waals surface area contributed by atoms with Gasteiger partial charge in [-0.2, -0.15) is 0 Å². The van der Waals surface area contributed by atoms with Gasteiger partial charge in [0.15, 0.2) is 0 Å². The zero-order valence-corrected chi connectivity index (χ0v) is 15.3. The van der Waals surface area contributed by atoms with Crippen LogP contribution in [0.3, 0.4) is 0 Å². The minimum atomic E-state index is -0.560. The molecule has 4 rings (SSSR count). The molecule has 0 spiro atoms. The fourth-order valence-corrected chi connectivity index (χ4v) is 3.98. The average molecular weight is 384 g/mol. The number of benzene rings is 2. The van der Waals surface area contributed by atoms with Crippen molar-refractivity contribution in [3.63, 3.8) is 0 Å². The third-order valence-electron chi connectivity index (χ3n) is 5.21. The van der Waals surface area contributed by atoms with Crippen LogP contribution in [0.25, 0.3) is 0 Å². The Hall–Kier alpha value is -2.66. The molecule has 5 nitrogen and oxygen atoms in total. The number of nitrogens with zero attached hydrogens (tertiary/aromatic N) is 1. The predicted molar refractivity (Wildman–Crippen MR) is 101 cm³/mol. The minimum Gasteiger partial charge on any atom is -0.423 e. The van der Waals surface area contributed by atoms with Crippen molar-refractivity contribution < 1.29 is 19.1 Å². The number of hydrogen-bond acceptors (Lipinski definition) is 4. The number of amides is 2. The molecule has 0 bridgehead atoms. The maximum absolute atomic E-state index is 12.7. The standard InChI is InChI=1S/C21H18ClNO4/c22-14-8-10-16(11-9-14)27-21(26)13-4-3-5-15(12-13)23-19(24)17-6-1-2-7-18(17)20(23)25/h3-5,8-12,17-18H,1-2,6-7H2/t17-,18+. The Morgan fingerprint density at radius 1 is 0.963 bits per heavy atom. The van der Waals surface area contributed by atoms with E-state index in [0.29, 0.717) is 16.5 Å². The summed E-state index contributed by atoms with van der Waals surface area (Å²) in [5, 5.41) is 0.546. The van der Waals surface area contributed by atoms with Gasteiger partial charge in [-0.15, -0.1) is 0 Å². The van der Waals surface area contributed by atoms with Crippen LogP contribution in [0.4, 0.5) is 5.69 Å². The van der Waals surface area contributed by atoms with E-state index in [2.05, 4.69) is 0 Å². The Morgan fingerprint density at radius 3 is 2.22 bits per heavy atom. The van der Waals surface area contributed by atoms with Gasteiger partial charge in [0.2, 0.25) is 11.8 Å². The van der Waals surface area contributed by atoms with Crippen molar-refractivity contribution in [2.75, 3.05) is 4.90 Å². The highest BCUT2D eigenvalue weighted by molar-refractivity contribution is 6.30. The maximum Gasteiger partial charge on any atom is 0.343 e. The van der Waals surface area contributed by atoms with Gasteiger partial charge in [0.05, 0.1) is 23.1 Å². The second-order valence-corrected chi connectivity index (χ2v) is 7.34. The van der Waals surface area contributed by atoms with Gasteiger partial charge in [0.25, 0.3) is 0 Å². The van der Waals surface area contributed by atoms with Crippen LogP contribution in [0, 0.1) is 11.8 Å². The topological polar surface area (TPSA) is 63.7 Å². The van der Waals surface area contributed by atoms with Crippen molar-refractivity contribution in [2.24, 2.45) is 11.8 Å². The number of carbonyl (C=O) groups excluding carboxylic acids is 3. The monoisotopic (exact) mass is 383 g/mol. The van der Waals surface area contributed by atoms with Crippen molar-refractivity contribution in [2.45, 2.75) is 25.7 Å². The summed E-state index contributed by atoms with van der Waals surface area (Å²) >= 11 is 5.83. The first-order valence-corrected chi connectivity index (χ1v) is 9.38. The van der Waals surface area contributed by atoms with Crippen molar-refractivity contribution in [1.82, 2.24) is 0 Å². The second-order valence-electron chi connectivity index (χ2n) is 6.90. The zero-order chi connectivity index (χ0) is 19.0. The fourth-order valence-electron chi connectivity index (χ4n) is 3.86. The summed E-state index contributed by atoms with van der Waals surface area (Å²) in [6, 6.07) is 12.9. The average Bonchev–Trinajstić information content (AvgIpc) is 2.95. The van der Waals surface area contributed by atoms with Gasteiger partial charge in [-0.05, 0) is 55.3 Å². The van der Waals surface area contributed by atoms with E-state index in [0.717, 1.165) is 25.7 Å². The molecule has 0 radical (unpaired) electrons. The molecule has 2 aromatic rings. The van der Waals surface area contributed by atoms with Crippen LogP contribution in [0.1, 0.15) is 36.0 Å². The summed E-state index contributed by atoms with van der Waals surface area (Å²) in [6.45, 7) is 0. The summed E-state index contributed by atoms with van der Waals surface area (Å²) in [5.41, 5.74) is 0.697. The summed E-state index contributed by atoms with van der Waals surface area (Å²) in [4.78, 5) is 39.1. The molecule has 2 fully saturated rings. The van der Waals surface area contributed by atoms with Gasteiger partial charge in [-0.1, -0.05) is 30.5 Å². The van der Waals surface area contributed by atoms with E-state index in [4.69, 9.17) is 16.3 Å². The molecule has 2 aliphatic rings. The second kappa shape index (κ2) is 7.16. The molecule has 1 aliphatic carbocycles. The fraction of sp³-hybridized carbons (Fsp3) is 0.286. The predicted octanol–water partition coefficient (Wildman–Crippen LogP) is 4.24. The molecule has 0 N–H and O–H groups in total. The van der Waals surface area contributed by atoms with E-state index in [1.807, 2.05) is 0 Å². The molecule has 0 aromatic heterocycles. The Bertz CT molecular complexity index is 885. The van der Waals surface area contributed by atoms with Gasteiger partial charge in [0.1, 0.15) is 5.75 Å². The molecule has 6 heteroatoms. The number of carbonyl (C=O) groups is 3. The molecule has 1 heterocycles. The molecule has 2 aromatic carbocycles. The third-order valence-corrected chi connectivity index (χ3v) is 5.46. The van der Waals surface area contributed by atoms with Crippen LogP contribution in [0.5, 0.6) is 5.75 Å². The Kier molecular flexibility index (Phi) is 4.70. The van der Waals surface area contributed by atoms with Crippen molar-refractivity contribution in [3.8, 4) is 5.75 Å². The summed E-state index contributed by atoms with van der Waals surface area (Å²) in [6.07, 6.45) is 3.46. The lowest BCUT2D eigenvalue weighted by Gasteiger charge is -2.19. The molecule has 27 heavy (non-hydrogen) atoms. The van der Waals surface area contributed by atoms with Crippen LogP contribution in [0.2, 0.25) is 5.02 Å². The third kappa shape index (κ3) is 3.35. The zero-order valence-electron chi connectivity index (χ0n) is 14.6. The first-order valence-electron chi connectivity index (χ1n) is 9.00. The van der Waals surface area contributed by atoms with Crippen LogP contribution >= 0.6 is 11.6 Å². The van der Waals surface area contributed by atoms with E-state index in [9.17, 15) is 14.4 Å². The summed E-state index contributed by atoms with van der Waals surface area (Å²) in [7, 11) is 0. The van der Waals surface area contributed by atoms with E-state index >= 15 is 0 Å². The molecule has 2 atom stereocenters. The lowest BCUT2D eigenvalue weighted by atomic mass is 9.81. The lowest BCUT2D eigenvalue weighted by Crippen LogP contribution is -2.31. The highest BCUT2D eigenvalue weighted by atomic mass is 35.5.